The van der Waals surface area contributed by atoms with Gasteiger partial charge in [-0.25, -0.2) is 0 Å². The predicted molar refractivity (Wildman–Crippen MR) is 143 cm³/mol. The van der Waals surface area contributed by atoms with Gasteiger partial charge in [-0.2, -0.15) is 0 Å². The molecule has 0 unspecified atom stereocenters. The van der Waals surface area contributed by atoms with Gasteiger partial charge < -0.3 is 29.2 Å². The van der Waals surface area contributed by atoms with Gasteiger partial charge in [-0.05, 0) is 36.8 Å². The first kappa shape index (κ1) is 28.0. The average molecular weight is 511 g/mol. The Kier molecular flexibility index (Phi) is 10.3. The highest BCUT2D eigenvalue weighted by molar-refractivity contribution is 5.23. The number of aliphatic hydroxyl groups excluding tert-OH is 2. The van der Waals surface area contributed by atoms with Crippen LogP contribution in [0.15, 0.2) is 72.3 Å². The molecule has 0 bridgehead atoms. The van der Waals surface area contributed by atoms with Gasteiger partial charge in [0.15, 0.2) is 0 Å². The zero-order valence-electron chi connectivity index (χ0n) is 22.2. The maximum absolute atomic E-state index is 11.2. The number of ether oxygens (including phenoxy) is 4. The SMILES string of the molecule is C/C=C1\[C@H]2[C@@H](C[C@H](O)[C@@H]1CCO)[C@@H](OCOC)[C@H](OCc1ccccc1)[C@H](C)[C@H]2OCc1ccccc1. The standard InChI is InChI=1S/C31H42O6/c1-4-24-25(15-16-32)27(33)17-26-28(24)29(35-18-22-11-7-5-8-12-22)21(2)30(31(26)37-20-34-3)36-19-23-13-9-6-10-14-23/h4-14,21,25-33H,15-20H2,1-3H3/b24-4-/t21-,25-,26-,27+,28+,29-,30-,31-/m1/s1. The van der Waals surface area contributed by atoms with Gasteiger partial charge >= 0.3 is 0 Å². The van der Waals surface area contributed by atoms with Crippen molar-refractivity contribution in [3.8, 4) is 0 Å². The van der Waals surface area contributed by atoms with E-state index in [1.807, 2.05) is 43.3 Å². The Hall–Kier alpha value is -2.06. The molecule has 2 aliphatic carbocycles. The molecule has 0 amide bonds. The van der Waals surface area contributed by atoms with Gasteiger partial charge in [0.05, 0.1) is 37.6 Å². The Bertz CT molecular complexity index is 964. The molecule has 0 aliphatic heterocycles. The van der Waals surface area contributed by atoms with E-state index in [0.29, 0.717) is 26.1 Å². The molecule has 0 saturated heterocycles. The lowest BCUT2D eigenvalue weighted by Crippen LogP contribution is -2.61. The molecule has 0 heterocycles. The summed E-state index contributed by atoms with van der Waals surface area (Å²) in [6.45, 7) is 5.37. The number of benzene rings is 2. The van der Waals surface area contributed by atoms with Crippen molar-refractivity contribution in [3.63, 3.8) is 0 Å². The van der Waals surface area contributed by atoms with Gasteiger partial charge in [0.1, 0.15) is 6.79 Å². The molecule has 37 heavy (non-hydrogen) atoms. The molecule has 0 spiro atoms. The van der Waals surface area contributed by atoms with Crippen molar-refractivity contribution >= 4 is 0 Å². The van der Waals surface area contributed by atoms with E-state index < -0.39 is 6.10 Å². The minimum atomic E-state index is -0.564. The number of rotatable bonds is 11. The van der Waals surface area contributed by atoms with Crippen LogP contribution < -0.4 is 0 Å². The molecule has 2 aromatic rings. The fourth-order valence-electron chi connectivity index (χ4n) is 6.44. The zero-order chi connectivity index (χ0) is 26.2. The highest BCUT2D eigenvalue weighted by Gasteiger charge is 2.55. The number of methoxy groups -OCH3 is 1. The van der Waals surface area contributed by atoms with Crippen LogP contribution in [0.1, 0.15) is 37.8 Å². The number of allylic oxidation sites excluding steroid dienone is 1. The summed E-state index contributed by atoms with van der Waals surface area (Å²) >= 11 is 0. The van der Waals surface area contributed by atoms with Crippen LogP contribution in [0.2, 0.25) is 0 Å². The molecule has 2 aromatic carbocycles. The van der Waals surface area contributed by atoms with E-state index in [1.54, 1.807) is 7.11 Å². The van der Waals surface area contributed by atoms with Gasteiger partial charge in [0, 0.05) is 31.5 Å². The molecule has 2 saturated carbocycles. The Balaban J connectivity index is 1.67. The molecule has 4 rings (SSSR count). The molecular formula is C31H42O6. The van der Waals surface area contributed by atoms with Gasteiger partial charge in [0.2, 0.25) is 0 Å². The largest absolute Gasteiger partial charge is 0.396 e. The maximum Gasteiger partial charge on any atom is 0.146 e. The second kappa shape index (κ2) is 13.7. The zero-order valence-corrected chi connectivity index (χ0v) is 22.2. The van der Waals surface area contributed by atoms with Crippen molar-refractivity contribution in [2.45, 2.75) is 64.3 Å². The first-order chi connectivity index (χ1) is 18.1. The fraction of sp³-hybridized carbons (Fsp3) is 0.548. The first-order valence-electron chi connectivity index (χ1n) is 13.5. The van der Waals surface area contributed by atoms with Gasteiger partial charge in [0.25, 0.3) is 0 Å². The third kappa shape index (κ3) is 6.51. The summed E-state index contributed by atoms with van der Waals surface area (Å²) in [5.74, 6) is -0.0437. The van der Waals surface area contributed by atoms with Crippen molar-refractivity contribution in [1.29, 1.82) is 0 Å². The lowest BCUT2D eigenvalue weighted by atomic mass is 9.57. The van der Waals surface area contributed by atoms with Gasteiger partial charge in [-0.1, -0.05) is 79.2 Å². The summed E-state index contributed by atoms with van der Waals surface area (Å²) < 4.78 is 25.0. The van der Waals surface area contributed by atoms with Crippen LogP contribution in [0, 0.1) is 23.7 Å². The minimum absolute atomic E-state index is 0.0101. The van der Waals surface area contributed by atoms with E-state index in [1.165, 1.54) is 0 Å². The molecule has 6 nitrogen and oxygen atoms in total. The molecule has 8 atom stereocenters. The summed E-state index contributed by atoms with van der Waals surface area (Å²) in [5.41, 5.74) is 3.37. The molecule has 2 aliphatic rings. The fourth-order valence-corrected chi connectivity index (χ4v) is 6.44. The first-order valence-corrected chi connectivity index (χ1v) is 13.5. The molecule has 2 fully saturated rings. The molecule has 0 aromatic heterocycles. The average Bonchev–Trinajstić information content (AvgIpc) is 2.92. The predicted octanol–water partition coefficient (Wildman–Crippen LogP) is 4.74. The number of fused-ring (bicyclic) bond motifs is 1. The Morgan fingerprint density at radius 3 is 2.00 bits per heavy atom. The van der Waals surface area contributed by atoms with Crippen LogP contribution in [0.3, 0.4) is 0 Å². The summed E-state index contributed by atoms with van der Waals surface area (Å²) in [4.78, 5) is 0. The third-order valence-corrected chi connectivity index (χ3v) is 8.11. The minimum Gasteiger partial charge on any atom is -0.396 e. The Morgan fingerprint density at radius 1 is 0.865 bits per heavy atom. The van der Waals surface area contributed by atoms with Crippen LogP contribution in [0.25, 0.3) is 0 Å². The van der Waals surface area contributed by atoms with Crippen LogP contribution in [-0.2, 0) is 32.2 Å². The smallest absolute Gasteiger partial charge is 0.146 e. The van der Waals surface area contributed by atoms with Crippen LogP contribution in [-0.4, -0.2) is 55.1 Å². The van der Waals surface area contributed by atoms with Crippen molar-refractivity contribution < 1.29 is 29.2 Å². The van der Waals surface area contributed by atoms with E-state index in [9.17, 15) is 10.2 Å². The molecular weight excluding hydrogens is 468 g/mol. The normalized spacial score (nSPS) is 32.8. The van der Waals surface area contributed by atoms with E-state index >= 15 is 0 Å². The summed E-state index contributed by atoms with van der Waals surface area (Å²) in [7, 11) is 1.62. The van der Waals surface area contributed by atoms with Crippen LogP contribution >= 0.6 is 0 Å². The van der Waals surface area contributed by atoms with Crippen LogP contribution in [0.4, 0.5) is 0 Å². The molecule has 6 heteroatoms. The van der Waals surface area contributed by atoms with Gasteiger partial charge in [-0.3, -0.25) is 0 Å². The molecule has 202 valence electrons. The van der Waals surface area contributed by atoms with E-state index in [4.69, 9.17) is 18.9 Å². The maximum atomic E-state index is 11.2. The van der Waals surface area contributed by atoms with E-state index in [2.05, 4.69) is 37.3 Å². The van der Waals surface area contributed by atoms with Crippen molar-refractivity contribution in [3.05, 3.63) is 83.4 Å². The van der Waals surface area contributed by atoms with Crippen molar-refractivity contribution in [2.75, 3.05) is 20.5 Å². The quantitative estimate of drug-likeness (QED) is 0.336. The summed E-state index contributed by atoms with van der Waals surface area (Å²) in [5, 5.41) is 21.0. The second-order valence-electron chi connectivity index (χ2n) is 10.3. The number of aliphatic hydroxyl groups is 2. The third-order valence-electron chi connectivity index (χ3n) is 8.11. The monoisotopic (exact) mass is 510 g/mol. The molecule has 0 radical (unpaired) electrons. The Labute approximate surface area is 221 Å². The molecule has 2 N–H and O–H groups in total. The highest BCUT2D eigenvalue weighted by Crippen LogP contribution is 2.51. The lowest BCUT2D eigenvalue weighted by Gasteiger charge is -2.55. The van der Waals surface area contributed by atoms with Gasteiger partial charge in [-0.15, -0.1) is 0 Å². The second-order valence-corrected chi connectivity index (χ2v) is 10.3. The van der Waals surface area contributed by atoms with Crippen molar-refractivity contribution in [1.82, 2.24) is 0 Å². The highest BCUT2D eigenvalue weighted by atomic mass is 16.7. The number of hydrogen-bond acceptors (Lipinski definition) is 6. The summed E-state index contributed by atoms with van der Waals surface area (Å²) in [6.07, 6.45) is 2.01. The number of hydrogen-bond donors (Lipinski definition) is 2. The van der Waals surface area contributed by atoms with E-state index in [-0.39, 0.29) is 55.4 Å². The Morgan fingerprint density at radius 2 is 1.46 bits per heavy atom. The lowest BCUT2D eigenvalue weighted by molar-refractivity contribution is -0.230. The summed E-state index contributed by atoms with van der Waals surface area (Å²) in [6, 6.07) is 20.4. The van der Waals surface area contributed by atoms with E-state index in [0.717, 1.165) is 16.7 Å². The van der Waals surface area contributed by atoms with Crippen LogP contribution in [0.5, 0.6) is 0 Å². The topological polar surface area (TPSA) is 77.4 Å². The van der Waals surface area contributed by atoms with Crippen molar-refractivity contribution in [2.24, 2.45) is 23.7 Å².